The molecule has 0 radical (unpaired) electrons. The standard InChI is InChI=1S/C21H23NO2S/c1-3-13-21-14-18(21)15-22(20(21)17-7-5-4-6-8-17)25(23,24)19-11-9-16(2)10-12-19/h3-12,18,20H,1,13-15H2,2H3/t18?,20-,21+/m0/s1. The van der Waals surface area contributed by atoms with Crippen molar-refractivity contribution in [1.29, 1.82) is 0 Å². The molecule has 0 spiro atoms. The van der Waals surface area contributed by atoms with E-state index in [0.717, 1.165) is 24.0 Å². The molecule has 4 heteroatoms. The molecule has 1 heterocycles. The van der Waals surface area contributed by atoms with Gasteiger partial charge in [-0.15, -0.1) is 6.58 Å². The summed E-state index contributed by atoms with van der Waals surface area (Å²) in [4.78, 5) is 0.383. The normalized spacial score (nSPS) is 28.5. The molecule has 1 saturated carbocycles. The molecule has 0 bridgehead atoms. The first-order valence-electron chi connectivity index (χ1n) is 8.73. The molecule has 3 atom stereocenters. The second kappa shape index (κ2) is 5.82. The van der Waals surface area contributed by atoms with Gasteiger partial charge in [-0.1, -0.05) is 54.1 Å². The summed E-state index contributed by atoms with van der Waals surface area (Å²) in [5.74, 6) is 0.427. The van der Waals surface area contributed by atoms with Crippen molar-refractivity contribution in [2.24, 2.45) is 11.3 Å². The summed E-state index contributed by atoms with van der Waals surface area (Å²) in [7, 11) is -3.51. The molecule has 25 heavy (non-hydrogen) atoms. The maximum absolute atomic E-state index is 13.3. The number of fused-ring (bicyclic) bond motifs is 1. The van der Waals surface area contributed by atoms with Gasteiger partial charge in [-0.2, -0.15) is 4.31 Å². The first-order chi connectivity index (χ1) is 12.0. The maximum atomic E-state index is 13.3. The Morgan fingerprint density at radius 1 is 1.16 bits per heavy atom. The zero-order valence-corrected chi connectivity index (χ0v) is 15.2. The lowest BCUT2D eigenvalue weighted by Crippen LogP contribution is -2.35. The van der Waals surface area contributed by atoms with Crippen molar-refractivity contribution in [2.75, 3.05) is 6.54 Å². The van der Waals surface area contributed by atoms with Gasteiger partial charge in [0.05, 0.1) is 10.9 Å². The monoisotopic (exact) mass is 353 g/mol. The number of aryl methyl sites for hydroxylation is 1. The van der Waals surface area contributed by atoms with E-state index in [1.165, 1.54) is 0 Å². The Labute approximate surface area is 150 Å². The van der Waals surface area contributed by atoms with Gasteiger partial charge in [-0.3, -0.25) is 0 Å². The number of benzene rings is 2. The van der Waals surface area contributed by atoms with Gasteiger partial charge in [-0.25, -0.2) is 8.42 Å². The minimum absolute atomic E-state index is 0.0148. The topological polar surface area (TPSA) is 37.4 Å². The molecule has 1 unspecified atom stereocenters. The van der Waals surface area contributed by atoms with Crippen LogP contribution in [0.1, 0.15) is 30.0 Å². The number of rotatable bonds is 5. The van der Waals surface area contributed by atoms with Gasteiger partial charge in [0.1, 0.15) is 0 Å². The molecule has 130 valence electrons. The quantitative estimate of drug-likeness (QED) is 0.751. The molecule has 0 amide bonds. The Morgan fingerprint density at radius 3 is 2.48 bits per heavy atom. The summed E-state index contributed by atoms with van der Waals surface area (Å²) < 4.78 is 28.4. The van der Waals surface area contributed by atoms with E-state index in [-0.39, 0.29) is 11.5 Å². The van der Waals surface area contributed by atoms with Gasteiger partial charge in [-0.05, 0) is 48.8 Å². The highest BCUT2D eigenvalue weighted by Gasteiger charge is 2.67. The Kier molecular flexibility index (Phi) is 3.85. The Hall–Kier alpha value is -1.91. The van der Waals surface area contributed by atoms with Crippen molar-refractivity contribution in [3.8, 4) is 0 Å². The molecule has 0 aromatic heterocycles. The summed E-state index contributed by atoms with van der Waals surface area (Å²) >= 11 is 0. The molecule has 0 N–H and O–H groups in total. The molecule has 1 aliphatic heterocycles. The molecule has 1 aliphatic carbocycles. The number of allylic oxidation sites excluding steroid dienone is 1. The van der Waals surface area contributed by atoms with Crippen LogP contribution < -0.4 is 0 Å². The summed E-state index contributed by atoms with van der Waals surface area (Å²) in [5, 5.41) is 0. The van der Waals surface area contributed by atoms with Crippen molar-refractivity contribution in [3.63, 3.8) is 0 Å². The molecule has 2 aliphatic rings. The third-order valence-corrected chi connectivity index (χ3v) is 7.62. The van der Waals surface area contributed by atoms with Crippen molar-refractivity contribution in [1.82, 2.24) is 4.31 Å². The van der Waals surface area contributed by atoms with E-state index >= 15 is 0 Å². The number of hydrogen-bond acceptors (Lipinski definition) is 2. The molecule has 1 saturated heterocycles. The predicted octanol–water partition coefficient (Wildman–Crippen LogP) is 4.32. The highest BCUT2D eigenvalue weighted by molar-refractivity contribution is 7.89. The fourth-order valence-electron chi connectivity index (χ4n) is 4.44. The molecule has 3 nitrogen and oxygen atoms in total. The number of hydrogen-bond donors (Lipinski definition) is 0. The molecular weight excluding hydrogens is 330 g/mol. The zero-order valence-electron chi connectivity index (χ0n) is 14.4. The van der Waals surface area contributed by atoms with Gasteiger partial charge < -0.3 is 0 Å². The average Bonchev–Trinajstić information content (AvgIpc) is 3.20. The van der Waals surface area contributed by atoms with Crippen LogP contribution in [0.4, 0.5) is 0 Å². The smallest absolute Gasteiger partial charge is 0.207 e. The highest BCUT2D eigenvalue weighted by atomic mass is 32.2. The van der Waals surface area contributed by atoms with Crippen LogP contribution in [-0.2, 0) is 10.0 Å². The first kappa shape index (κ1) is 16.6. The van der Waals surface area contributed by atoms with E-state index in [1.807, 2.05) is 55.5 Å². The van der Waals surface area contributed by atoms with Crippen molar-refractivity contribution >= 4 is 10.0 Å². The summed E-state index contributed by atoms with van der Waals surface area (Å²) in [6.45, 7) is 6.48. The lowest BCUT2D eigenvalue weighted by Gasteiger charge is -2.31. The third kappa shape index (κ3) is 2.55. The molecule has 2 aromatic rings. The Balaban J connectivity index is 1.78. The minimum atomic E-state index is -3.51. The zero-order chi connectivity index (χ0) is 17.7. The fraction of sp³-hybridized carbons (Fsp3) is 0.333. The summed E-state index contributed by atoms with van der Waals surface area (Å²) in [6, 6.07) is 17.1. The number of nitrogens with zero attached hydrogens (tertiary/aromatic N) is 1. The van der Waals surface area contributed by atoms with Crippen LogP contribution in [0.2, 0.25) is 0 Å². The van der Waals surface area contributed by atoms with Gasteiger partial charge >= 0.3 is 0 Å². The van der Waals surface area contributed by atoms with E-state index in [4.69, 9.17) is 0 Å². The van der Waals surface area contributed by atoms with E-state index in [0.29, 0.717) is 17.4 Å². The third-order valence-electron chi connectivity index (χ3n) is 5.78. The van der Waals surface area contributed by atoms with Crippen molar-refractivity contribution in [3.05, 3.63) is 78.4 Å². The van der Waals surface area contributed by atoms with Crippen molar-refractivity contribution < 1.29 is 8.42 Å². The molecule has 2 aromatic carbocycles. The lowest BCUT2D eigenvalue weighted by molar-refractivity contribution is 0.286. The number of piperidine rings is 1. The Morgan fingerprint density at radius 2 is 1.84 bits per heavy atom. The van der Waals surface area contributed by atoms with Crippen molar-refractivity contribution in [2.45, 2.75) is 30.7 Å². The average molecular weight is 353 g/mol. The molecule has 4 rings (SSSR count). The SMILES string of the molecule is C=CC[C@@]12CC1CN(S(=O)(=O)c1ccc(C)cc1)[C@H]2c1ccccc1. The summed E-state index contributed by atoms with van der Waals surface area (Å²) in [6.07, 6.45) is 3.88. The van der Waals surface area contributed by atoms with E-state index < -0.39 is 10.0 Å². The lowest BCUT2D eigenvalue weighted by atomic mass is 9.88. The molecular formula is C21H23NO2S. The predicted molar refractivity (Wildman–Crippen MR) is 99.6 cm³/mol. The van der Waals surface area contributed by atoms with Crippen LogP contribution in [0.3, 0.4) is 0 Å². The van der Waals surface area contributed by atoms with Crippen LogP contribution >= 0.6 is 0 Å². The summed E-state index contributed by atoms with van der Waals surface area (Å²) in [5.41, 5.74) is 2.16. The maximum Gasteiger partial charge on any atom is 0.243 e. The highest BCUT2D eigenvalue weighted by Crippen LogP contribution is 2.70. The van der Waals surface area contributed by atoms with Gasteiger partial charge in [0, 0.05) is 6.54 Å². The Bertz CT molecular complexity index is 889. The van der Waals surface area contributed by atoms with Gasteiger partial charge in [0.15, 0.2) is 0 Å². The van der Waals surface area contributed by atoms with E-state index in [9.17, 15) is 8.42 Å². The van der Waals surface area contributed by atoms with Crippen LogP contribution in [0, 0.1) is 18.3 Å². The second-order valence-electron chi connectivity index (χ2n) is 7.33. The fourth-order valence-corrected chi connectivity index (χ4v) is 6.17. The van der Waals surface area contributed by atoms with E-state index in [2.05, 4.69) is 6.58 Å². The second-order valence-corrected chi connectivity index (χ2v) is 9.22. The van der Waals surface area contributed by atoms with Crippen LogP contribution in [0.15, 0.2) is 72.1 Å². The largest absolute Gasteiger partial charge is 0.243 e. The molecule has 2 fully saturated rings. The van der Waals surface area contributed by atoms with Gasteiger partial charge in [0.2, 0.25) is 10.0 Å². The number of sulfonamides is 1. The van der Waals surface area contributed by atoms with Crippen LogP contribution in [-0.4, -0.2) is 19.3 Å². The first-order valence-corrected chi connectivity index (χ1v) is 10.2. The van der Waals surface area contributed by atoms with E-state index in [1.54, 1.807) is 16.4 Å². The van der Waals surface area contributed by atoms with Crippen LogP contribution in [0.25, 0.3) is 0 Å². The van der Waals surface area contributed by atoms with Gasteiger partial charge in [0.25, 0.3) is 0 Å². The minimum Gasteiger partial charge on any atom is -0.207 e. The van der Waals surface area contributed by atoms with Crippen LogP contribution in [0.5, 0.6) is 0 Å².